The zero-order chi connectivity index (χ0) is 21.8. The van der Waals surface area contributed by atoms with Gasteiger partial charge in [0.1, 0.15) is 12.7 Å². The highest BCUT2D eigenvalue weighted by molar-refractivity contribution is 5.71. The van der Waals surface area contributed by atoms with Crippen molar-refractivity contribution in [3.05, 3.63) is 28.8 Å². The van der Waals surface area contributed by atoms with Gasteiger partial charge in [0.2, 0.25) is 5.95 Å². The number of fused-ring (bicyclic) bond motifs is 1. The lowest BCUT2D eigenvalue weighted by Gasteiger charge is -2.19. The van der Waals surface area contributed by atoms with Crippen LogP contribution in [0.1, 0.15) is 26.3 Å². The largest absolute Gasteiger partial charge is 0.508 e. The van der Waals surface area contributed by atoms with Crippen LogP contribution in [0.3, 0.4) is 0 Å². The number of ether oxygens (including phenoxy) is 4. The lowest BCUT2D eigenvalue weighted by atomic mass is 10.0. The fraction of sp³-hybridized carbons (Fsp3) is 0.500. The Morgan fingerprint density at radius 3 is 2.67 bits per heavy atom. The second kappa shape index (κ2) is 8.84. The van der Waals surface area contributed by atoms with Crippen LogP contribution < -0.4 is 11.3 Å². The van der Waals surface area contributed by atoms with Crippen LogP contribution >= 0.6 is 0 Å². The smallest absolute Gasteiger partial charge is 0.435 e. The molecule has 2 aromatic rings. The monoisotopic (exact) mass is 421 g/mol. The van der Waals surface area contributed by atoms with Crippen molar-refractivity contribution in [1.29, 1.82) is 0 Å². The van der Waals surface area contributed by atoms with Crippen LogP contribution in [0, 0.1) is 5.92 Å². The van der Waals surface area contributed by atoms with E-state index in [4.69, 9.17) is 24.7 Å². The predicted molar refractivity (Wildman–Crippen MR) is 104 cm³/mol. The van der Waals surface area contributed by atoms with E-state index in [9.17, 15) is 14.4 Å². The number of H-pyrrole nitrogens is 1. The van der Waals surface area contributed by atoms with Crippen LogP contribution in [0.4, 0.5) is 15.5 Å². The van der Waals surface area contributed by atoms with Crippen molar-refractivity contribution < 1.29 is 28.5 Å². The Morgan fingerprint density at radius 1 is 1.27 bits per heavy atom. The van der Waals surface area contributed by atoms with Gasteiger partial charge in [0, 0.05) is 6.42 Å². The Labute approximate surface area is 171 Å². The summed E-state index contributed by atoms with van der Waals surface area (Å²) in [5.74, 6) is -0.583. The molecule has 0 unspecified atom stereocenters. The van der Waals surface area contributed by atoms with E-state index in [1.54, 1.807) is 18.4 Å². The van der Waals surface area contributed by atoms with E-state index in [1.807, 2.05) is 0 Å². The summed E-state index contributed by atoms with van der Waals surface area (Å²) in [6.45, 7) is 7.61. The predicted octanol–water partition coefficient (Wildman–Crippen LogP) is 1.53. The van der Waals surface area contributed by atoms with E-state index in [2.05, 4.69) is 21.5 Å². The number of nitrogens with one attached hydrogen (secondary N) is 1. The third-order valence-electron chi connectivity index (χ3n) is 4.75. The SMILES string of the molecule is C=C1[C@H](COC(=O)OCC)[C@@H](OC(=O)OCC)C[C@@H]1n1cnc2c(=O)[nH]c(N)nc21. The third kappa shape index (κ3) is 4.21. The number of nitrogens with two attached hydrogens (primary N) is 1. The molecule has 0 radical (unpaired) electrons. The van der Waals surface area contributed by atoms with Crippen LogP contribution in [-0.2, 0) is 18.9 Å². The maximum Gasteiger partial charge on any atom is 0.508 e. The molecular formula is C18H23N5O7. The summed E-state index contributed by atoms with van der Waals surface area (Å²) in [6.07, 6.45) is -0.635. The standard InChI is InChI=1S/C18H23N5O7/c1-4-27-17(25)29-7-10-9(3)11(6-12(10)30-18(26)28-5-2)23-8-20-13-14(23)21-16(19)22-15(13)24/h8,10-12H,3-7H2,1-2H3,(H3,19,21,22,24)/t10-,11-,12-/m0/s1. The summed E-state index contributed by atoms with van der Waals surface area (Å²) in [6, 6.07) is -0.432. The van der Waals surface area contributed by atoms with Crippen molar-refractivity contribution in [1.82, 2.24) is 19.5 Å². The zero-order valence-corrected chi connectivity index (χ0v) is 16.6. The summed E-state index contributed by atoms with van der Waals surface area (Å²) >= 11 is 0. The van der Waals surface area contributed by atoms with Crippen LogP contribution in [0.15, 0.2) is 23.3 Å². The molecule has 2 aromatic heterocycles. The number of nitrogen functional groups attached to an aromatic ring is 1. The molecule has 0 spiro atoms. The topological polar surface area (TPSA) is 161 Å². The number of aromatic nitrogens is 4. The van der Waals surface area contributed by atoms with Gasteiger partial charge >= 0.3 is 12.3 Å². The molecule has 1 saturated carbocycles. The van der Waals surface area contributed by atoms with Crippen LogP contribution in [0.5, 0.6) is 0 Å². The molecule has 162 valence electrons. The van der Waals surface area contributed by atoms with E-state index in [0.29, 0.717) is 5.57 Å². The first kappa shape index (κ1) is 21.1. The zero-order valence-electron chi connectivity index (χ0n) is 16.6. The first-order chi connectivity index (χ1) is 14.3. The summed E-state index contributed by atoms with van der Waals surface area (Å²) in [7, 11) is 0. The molecule has 1 aliphatic rings. The molecule has 1 aliphatic carbocycles. The minimum Gasteiger partial charge on any atom is -0.435 e. The Kier molecular flexibility index (Phi) is 6.23. The second-order valence-corrected chi connectivity index (χ2v) is 6.54. The average molecular weight is 421 g/mol. The molecule has 3 atom stereocenters. The van der Waals surface area contributed by atoms with Crippen molar-refractivity contribution in [2.24, 2.45) is 5.92 Å². The maximum absolute atomic E-state index is 12.1. The Morgan fingerprint density at radius 2 is 1.97 bits per heavy atom. The third-order valence-corrected chi connectivity index (χ3v) is 4.75. The highest BCUT2D eigenvalue weighted by Gasteiger charge is 2.43. The van der Waals surface area contributed by atoms with Gasteiger partial charge in [-0.15, -0.1) is 0 Å². The summed E-state index contributed by atoms with van der Waals surface area (Å²) in [4.78, 5) is 46.2. The van der Waals surface area contributed by atoms with E-state index in [1.165, 1.54) is 6.33 Å². The number of hydrogen-bond acceptors (Lipinski definition) is 10. The number of carbonyl (C=O) groups is 2. The average Bonchev–Trinajstić information content (AvgIpc) is 3.22. The minimum absolute atomic E-state index is 0.0561. The molecule has 0 bridgehead atoms. The molecule has 12 heteroatoms. The Bertz CT molecular complexity index is 1010. The normalized spacial score (nSPS) is 20.9. The lowest BCUT2D eigenvalue weighted by Crippen LogP contribution is -2.27. The van der Waals surface area contributed by atoms with Gasteiger partial charge in [-0.3, -0.25) is 9.78 Å². The van der Waals surface area contributed by atoms with E-state index < -0.39 is 35.9 Å². The van der Waals surface area contributed by atoms with Crippen molar-refractivity contribution in [2.45, 2.75) is 32.4 Å². The number of anilines is 1. The summed E-state index contributed by atoms with van der Waals surface area (Å²) in [5, 5.41) is 0. The van der Waals surface area contributed by atoms with Crippen molar-refractivity contribution in [2.75, 3.05) is 25.6 Å². The number of carbonyl (C=O) groups excluding carboxylic acids is 2. The number of rotatable bonds is 6. The molecule has 30 heavy (non-hydrogen) atoms. The van der Waals surface area contributed by atoms with Crippen LogP contribution in [0.2, 0.25) is 0 Å². The summed E-state index contributed by atoms with van der Waals surface area (Å²) in [5.41, 5.74) is 6.18. The number of imidazole rings is 1. The highest BCUT2D eigenvalue weighted by Crippen LogP contribution is 2.42. The molecule has 3 rings (SSSR count). The Balaban J connectivity index is 1.89. The molecule has 12 nitrogen and oxygen atoms in total. The van der Waals surface area contributed by atoms with Gasteiger partial charge in [0.25, 0.3) is 5.56 Å². The quantitative estimate of drug-likeness (QED) is 0.517. The van der Waals surface area contributed by atoms with Crippen LogP contribution in [-0.4, -0.2) is 57.8 Å². The molecule has 1 fully saturated rings. The fourth-order valence-corrected chi connectivity index (χ4v) is 3.42. The van der Waals surface area contributed by atoms with Gasteiger partial charge in [0.15, 0.2) is 11.2 Å². The molecule has 0 saturated heterocycles. The highest BCUT2D eigenvalue weighted by atomic mass is 16.7. The fourth-order valence-electron chi connectivity index (χ4n) is 3.42. The van der Waals surface area contributed by atoms with Crippen LogP contribution in [0.25, 0.3) is 11.2 Å². The molecule has 0 aromatic carbocycles. The second-order valence-electron chi connectivity index (χ2n) is 6.54. The van der Waals surface area contributed by atoms with Gasteiger partial charge in [-0.1, -0.05) is 6.58 Å². The van der Waals surface area contributed by atoms with Gasteiger partial charge in [-0.2, -0.15) is 4.98 Å². The van der Waals surface area contributed by atoms with Gasteiger partial charge in [-0.05, 0) is 19.4 Å². The lowest BCUT2D eigenvalue weighted by molar-refractivity contribution is -0.00291. The summed E-state index contributed by atoms with van der Waals surface area (Å²) < 4.78 is 21.8. The number of nitrogens with zero attached hydrogens (tertiary/aromatic N) is 3. The van der Waals surface area contributed by atoms with E-state index in [-0.39, 0.29) is 43.4 Å². The first-order valence-electron chi connectivity index (χ1n) is 9.39. The van der Waals surface area contributed by atoms with Gasteiger partial charge < -0.3 is 29.2 Å². The van der Waals surface area contributed by atoms with Gasteiger partial charge in [0.05, 0.1) is 31.5 Å². The van der Waals surface area contributed by atoms with Crippen molar-refractivity contribution >= 4 is 29.4 Å². The van der Waals surface area contributed by atoms with E-state index in [0.717, 1.165) is 0 Å². The Hall–Kier alpha value is -3.57. The first-order valence-corrected chi connectivity index (χ1v) is 9.39. The minimum atomic E-state index is -0.841. The van der Waals surface area contributed by atoms with Crippen molar-refractivity contribution in [3.63, 3.8) is 0 Å². The van der Waals surface area contributed by atoms with E-state index >= 15 is 0 Å². The number of hydrogen-bond donors (Lipinski definition) is 2. The maximum atomic E-state index is 12.1. The molecular weight excluding hydrogens is 398 g/mol. The van der Waals surface area contributed by atoms with Gasteiger partial charge in [-0.25, -0.2) is 14.6 Å². The molecule has 3 N–H and O–H groups in total. The molecule has 0 amide bonds. The molecule has 0 aliphatic heterocycles. The number of aromatic amines is 1. The molecule has 2 heterocycles. The van der Waals surface area contributed by atoms with Crippen molar-refractivity contribution in [3.8, 4) is 0 Å².